The molecule has 0 bridgehead atoms. The second-order valence-corrected chi connectivity index (χ2v) is 6.67. The van der Waals surface area contributed by atoms with Crippen LogP contribution in [-0.2, 0) is 4.79 Å². The molecule has 0 aliphatic rings. The van der Waals surface area contributed by atoms with Crippen LogP contribution in [0.4, 0.5) is 0 Å². The van der Waals surface area contributed by atoms with Gasteiger partial charge in [-0.25, -0.2) is 10.2 Å². The molecule has 0 aliphatic heterocycles. The van der Waals surface area contributed by atoms with E-state index >= 15 is 0 Å². The number of hydrazone groups is 1. The molecule has 6 heteroatoms. The van der Waals surface area contributed by atoms with Crippen LogP contribution in [0.3, 0.4) is 0 Å². The van der Waals surface area contributed by atoms with Gasteiger partial charge in [0.1, 0.15) is 11.5 Å². The van der Waals surface area contributed by atoms with Crippen molar-refractivity contribution in [2.75, 3.05) is 6.61 Å². The molecule has 30 heavy (non-hydrogen) atoms. The lowest BCUT2D eigenvalue weighted by Gasteiger charge is -2.07. The Hall–Kier alpha value is -3.93. The van der Waals surface area contributed by atoms with Gasteiger partial charge < -0.3 is 9.47 Å². The van der Waals surface area contributed by atoms with Crippen molar-refractivity contribution >= 4 is 18.1 Å². The lowest BCUT2D eigenvalue weighted by Crippen LogP contribution is -2.24. The summed E-state index contributed by atoms with van der Waals surface area (Å²) in [6.07, 6.45) is 1.50. The molecule has 152 valence electrons. The van der Waals surface area contributed by atoms with Crippen molar-refractivity contribution in [1.29, 1.82) is 0 Å². The molecule has 0 aliphatic carbocycles. The normalized spacial score (nSPS) is 10.6. The number of benzene rings is 3. The standard InChI is InChI=1S/C24H22N2O4/c1-17-7-11-20(12-8-17)24(28)30-21-13-9-19(10-14-21)15-25-26-23(27)16-29-22-6-4-3-5-18(22)2/h3-15H,16H2,1-2H3,(H,26,27). The Labute approximate surface area is 175 Å². The summed E-state index contributed by atoms with van der Waals surface area (Å²) in [5.41, 5.74) is 5.67. The highest BCUT2D eigenvalue weighted by molar-refractivity contribution is 5.91. The Morgan fingerprint density at radius 1 is 0.933 bits per heavy atom. The number of rotatable bonds is 7. The van der Waals surface area contributed by atoms with Crippen molar-refractivity contribution in [3.05, 3.63) is 95.1 Å². The van der Waals surface area contributed by atoms with Gasteiger partial charge in [-0.2, -0.15) is 5.10 Å². The lowest BCUT2D eigenvalue weighted by atomic mass is 10.1. The van der Waals surface area contributed by atoms with E-state index in [1.807, 2.05) is 44.2 Å². The van der Waals surface area contributed by atoms with E-state index in [9.17, 15) is 9.59 Å². The first-order valence-electron chi connectivity index (χ1n) is 9.40. The van der Waals surface area contributed by atoms with E-state index in [4.69, 9.17) is 9.47 Å². The predicted octanol–water partition coefficient (Wildman–Crippen LogP) is 4.05. The average molecular weight is 402 g/mol. The molecule has 3 aromatic carbocycles. The van der Waals surface area contributed by atoms with Gasteiger partial charge in [0.2, 0.25) is 0 Å². The van der Waals surface area contributed by atoms with Crippen molar-refractivity contribution in [1.82, 2.24) is 5.43 Å². The Kier molecular flexibility index (Phi) is 6.95. The minimum atomic E-state index is -0.419. The molecule has 0 heterocycles. The van der Waals surface area contributed by atoms with Gasteiger partial charge in [-0.05, 0) is 67.4 Å². The Balaban J connectivity index is 1.47. The number of esters is 1. The zero-order chi connectivity index (χ0) is 21.3. The van der Waals surface area contributed by atoms with Gasteiger partial charge in [-0.15, -0.1) is 0 Å². The SMILES string of the molecule is Cc1ccc(C(=O)Oc2ccc(C=NNC(=O)COc3ccccc3C)cc2)cc1. The molecule has 0 fully saturated rings. The van der Waals surface area contributed by atoms with Gasteiger partial charge in [0.15, 0.2) is 6.61 Å². The monoisotopic (exact) mass is 402 g/mol. The first kappa shape index (κ1) is 20.8. The van der Waals surface area contributed by atoms with Crippen LogP contribution >= 0.6 is 0 Å². The number of para-hydroxylation sites is 1. The van der Waals surface area contributed by atoms with Crippen molar-refractivity contribution in [3.8, 4) is 11.5 Å². The third-order valence-corrected chi connectivity index (χ3v) is 4.23. The molecule has 0 unspecified atom stereocenters. The minimum absolute atomic E-state index is 0.129. The summed E-state index contributed by atoms with van der Waals surface area (Å²) in [7, 11) is 0. The van der Waals surface area contributed by atoms with Gasteiger partial charge in [-0.1, -0.05) is 35.9 Å². The van der Waals surface area contributed by atoms with Gasteiger partial charge in [0.05, 0.1) is 11.8 Å². The number of hydrogen-bond donors (Lipinski definition) is 1. The largest absolute Gasteiger partial charge is 0.483 e. The number of carbonyl (C=O) groups is 2. The Morgan fingerprint density at radius 2 is 1.63 bits per heavy atom. The van der Waals surface area contributed by atoms with Crippen LogP contribution in [0.1, 0.15) is 27.0 Å². The second-order valence-electron chi connectivity index (χ2n) is 6.67. The van der Waals surface area contributed by atoms with Gasteiger partial charge in [-0.3, -0.25) is 4.79 Å². The molecule has 0 saturated carbocycles. The smallest absolute Gasteiger partial charge is 0.343 e. The number of ether oxygens (including phenoxy) is 2. The maximum Gasteiger partial charge on any atom is 0.343 e. The maximum atomic E-state index is 12.1. The van der Waals surface area contributed by atoms with Gasteiger partial charge >= 0.3 is 5.97 Å². The van der Waals surface area contributed by atoms with Crippen LogP contribution in [0.2, 0.25) is 0 Å². The maximum absolute atomic E-state index is 12.1. The number of hydrogen-bond acceptors (Lipinski definition) is 5. The summed E-state index contributed by atoms with van der Waals surface area (Å²) in [4.78, 5) is 24.0. The van der Waals surface area contributed by atoms with Crippen LogP contribution in [0, 0.1) is 13.8 Å². The summed E-state index contributed by atoms with van der Waals surface area (Å²) in [6.45, 7) is 3.73. The molecule has 3 rings (SSSR count). The van der Waals surface area contributed by atoms with E-state index in [0.717, 1.165) is 16.7 Å². The zero-order valence-corrected chi connectivity index (χ0v) is 16.8. The fraction of sp³-hybridized carbons (Fsp3) is 0.125. The molecule has 1 amide bonds. The van der Waals surface area contributed by atoms with Crippen molar-refractivity contribution < 1.29 is 19.1 Å². The van der Waals surface area contributed by atoms with Crippen molar-refractivity contribution in [2.45, 2.75) is 13.8 Å². The number of nitrogens with one attached hydrogen (secondary N) is 1. The van der Waals surface area contributed by atoms with E-state index in [-0.39, 0.29) is 12.5 Å². The summed E-state index contributed by atoms with van der Waals surface area (Å²) in [5.74, 6) is 0.302. The summed E-state index contributed by atoms with van der Waals surface area (Å²) >= 11 is 0. The topological polar surface area (TPSA) is 77.0 Å². The molecular weight excluding hydrogens is 380 g/mol. The molecule has 6 nitrogen and oxygen atoms in total. The van der Waals surface area contributed by atoms with Crippen molar-refractivity contribution in [3.63, 3.8) is 0 Å². The van der Waals surface area contributed by atoms with Crippen LogP contribution in [0.25, 0.3) is 0 Å². The fourth-order valence-electron chi connectivity index (χ4n) is 2.55. The molecular formula is C24H22N2O4. The summed E-state index contributed by atoms with van der Waals surface area (Å²) in [6, 6.07) is 21.4. The summed E-state index contributed by atoms with van der Waals surface area (Å²) in [5, 5.41) is 3.91. The highest BCUT2D eigenvalue weighted by Gasteiger charge is 2.08. The third-order valence-electron chi connectivity index (χ3n) is 4.23. The number of amides is 1. The van der Waals surface area contributed by atoms with E-state index in [2.05, 4.69) is 10.5 Å². The van der Waals surface area contributed by atoms with E-state index in [1.54, 1.807) is 42.5 Å². The molecule has 1 N–H and O–H groups in total. The van der Waals surface area contributed by atoms with Crippen molar-refractivity contribution in [2.24, 2.45) is 5.10 Å². The zero-order valence-electron chi connectivity index (χ0n) is 16.8. The molecule has 0 spiro atoms. The molecule has 0 radical (unpaired) electrons. The van der Waals surface area contributed by atoms with Crippen LogP contribution < -0.4 is 14.9 Å². The summed E-state index contributed by atoms with van der Waals surface area (Å²) < 4.78 is 10.8. The Bertz CT molecular complexity index is 1040. The second kappa shape index (κ2) is 10.0. The average Bonchev–Trinajstić information content (AvgIpc) is 2.75. The third kappa shape index (κ3) is 6.04. The van der Waals surface area contributed by atoms with Gasteiger partial charge in [0, 0.05) is 0 Å². The molecule has 0 saturated heterocycles. The molecule has 0 atom stereocenters. The number of aryl methyl sites for hydroxylation is 2. The highest BCUT2D eigenvalue weighted by Crippen LogP contribution is 2.16. The van der Waals surface area contributed by atoms with Gasteiger partial charge in [0.25, 0.3) is 5.91 Å². The van der Waals surface area contributed by atoms with Crippen LogP contribution in [0.15, 0.2) is 77.9 Å². The lowest BCUT2D eigenvalue weighted by molar-refractivity contribution is -0.123. The fourth-order valence-corrected chi connectivity index (χ4v) is 2.55. The van der Waals surface area contributed by atoms with E-state index < -0.39 is 5.97 Å². The molecule has 3 aromatic rings. The predicted molar refractivity (Wildman–Crippen MR) is 115 cm³/mol. The Morgan fingerprint density at radius 3 is 2.33 bits per heavy atom. The first-order chi connectivity index (χ1) is 14.5. The molecule has 0 aromatic heterocycles. The first-order valence-corrected chi connectivity index (χ1v) is 9.40. The van der Waals surface area contributed by atoms with E-state index in [1.165, 1.54) is 6.21 Å². The highest BCUT2D eigenvalue weighted by atomic mass is 16.5. The van der Waals surface area contributed by atoms with Crippen LogP contribution in [0.5, 0.6) is 11.5 Å². The minimum Gasteiger partial charge on any atom is -0.483 e. The number of carbonyl (C=O) groups excluding carboxylic acids is 2. The van der Waals surface area contributed by atoms with Crippen LogP contribution in [-0.4, -0.2) is 24.7 Å². The number of nitrogens with zero attached hydrogens (tertiary/aromatic N) is 1. The quantitative estimate of drug-likeness (QED) is 0.280. The van der Waals surface area contributed by atoms with E-state index in [0.29, 0.717) is 17.1 Å².